The molecular weight excluding hydrogens is 520 g/mol. The Morgan fingerprint density at radius 1 is 1.09 bits per heavy atom. The molecule has 2 aromatic carbocycles. The van der Waals surface area contributed by atoms with Gasteiger partial charge in [0.15, 0.2) is 0 Å². The Morgan fingerprint density at radius 3 is 2.61 bits per heavy atom. The standard InChI is InChI=1S/C26H24BrClN2O2S/c27-21-13-12-18(15-22(21)28)30(24(31)16-19-9-6-14-33-19)25-20-10-4-5-11-23(20)29(26(25)32)17-7-2-1-3-8-17/h4-6,9-15,17,25H,1-3,7-8,16H2. The zero-order valence-corrected chi connectivity index (χ0v) is 21.2. The zero-order chi connectivity index (χ0) is 22.9. The van der Waals surface area contributed by atoms with E-state index in [4.69, 9.17) is 11.6 Å². The van der Waals surface area contributed by atoms with Crippen molar-refractivity contribution in [3.63, 3.8) is 0 Å². The van der Waals surface area contributed by atoms with E-state index in [9.17, 15) is 9.59 Å². The number of fused-ring (bicyclic) bond motifs is 1. The van der Waals surface area contributed by atoms with Crippen molar-refractivity contribution >= 4 is 62.1 Å². The highest BCUT2D eigenvalue weighted by Crippen LogP contribution is 2.45. The number of carbonyl (C=O) groups excluding carboxylic acids is 2. The summed E-state index contributed by atoms with van der Waals surface area (Å²) >= 11 is 11.4. The molecule has 2 amide bonds. The summed E-state index contributed by atoms with van der Waals surface area (Å²) in [6.07, 6.45) is 5.71. The van der Waals surface area contributed by atoms with E-state index in [1.165, 1.54) is 6.42 Å². The number of hydrogen-bond acceptors (Lipinski definition) is 3. The van der Waals surface area contributed by atoms with Crippen molar-refractivity contribution in [2.24, 2.45) is 0 Å². The molecule has 0 N–H and O–H groups in total. The fourth-order valence-electron chi connectivity index (χ4n) is 5.01. The highest BCUT2D eigenvalue weighted by Gasteiger charge is 2.45. The van der Waals surface area contributed by atoms with Crippen molar-refractivity contribution in [1.29, 1.82) is 0 Å². The number of para-hydroxylation sites is 1. The molecule has 0 spiro atoms. The molecule has 1 aliphatic heterocycles. The zero-order valence-electron chi connectivity index (χ0n) is 18.0. The van der Waals surface area contributed by atoms with Gasteiger partial charge in [0.2, 0.25) is 5.91 Å². The Kier molecular flexibility index (Phi) is 6.59. The first-order valence-corrected chi connectivity index (χ1v) is 13.3. The summed E-state index contributed by atoms with van der Waals surface area (Å²) in [5.41, 5.74) is 2.44. The molecule has 170 valence electrons. The van der Waals surface area contributed by atoms with E-state index in [2.05, 4.69) is 15.9 Å². The number of rotatable bonds is 5. The van der Waals surface area contributed by atoms with Gasteiger partial charge in [-0.3, -0.25) is 14.5 Å². The Balaban J connectivity index is 1.59. The minimum Gasteiger partial charge on any atom is -0.307 e. The molecule has 1 unspecified atom stereocenters. The van der Waals surface area contributed by atoms with Crippen LogP contribution in [0.15, 0.2) is 64.5 Å². The SMILES string of the molecule is O=C1C(N(C(=O)Cc2cccs2)c2ccc(Br)c(Cl)c2)c2ccccc2N1C1CCCCC1. The quantitative estimate of drug-likeness (QED) is 0.342. The van der Waals surface area contributed by atoms with Crippen LogP contribution >= 0.6 is 38.9 Å². The number of benzene rings is 2. The van der Waals surface area contributed by atoms with Gasteiger partial charge in [0.05, 0.1) is 11.4 Å². The molecule has 3 aromatic rings. The van der Waals surface area contributed by atoms with E-state index in [1.54, 1.807) is 22.3 Å². The van der Waals surface area contributed by atoms with Crippen LogP contribution in [-0.4, -0.2) is 17.9 Å². The molecule has 0 radical (unpaired) electrons. The number of thiophene rings is 1. The molecule has 1 saturated carbocycles. The Hall–Kier alpha value is -2.15. The number of halogens is 2. The Morgan fingerprint density at radius 2 is 1.88 bits per heavy atom. The van der Waals surface area contributed by atoms with Gasteiger partial charge in [-0.05, 0) is 64.5 Å². The van der Waals surface area contributed by atoms with Crippen LogP contribution in [-0.2, 0) is 16.0 Å². The fourth-order valence-corrected chi connectivity index (χ4v) is 6.12. The maximum atomic E-state index is 14.0. The second-order valence-electron chi connectivity index (χ2n) is 8.58. The third-order valence-corrected chi connectivity index (χ3v) is 8.62. The van der Waals surface area contributed by atoms with Crippen LogP contribution in [0.2, 0.25) is 5.02 Å². The Labute approximate surface area is 211 Å². The first-order valence-electron chi connectivity index (χ1n) is 11.3. The molecule has 1 aromatic heterocycles. The third-order valence-electron chi connectivity index (χ3n) is 6.52. The summed E-state index contributed by atoms with van der Waals surface area (Å²) in [4.78, 5) is 32.4. The minimum atomic E-state index is -0.701. The van der Waals surface area contributed by atoms with Crippen LogP contribution < -0.4 is 9.80 Å². The predicted molar refractivity (Wildman–Crippen MR) is 138 cm³/mol. The first kappa shape index (κ1) is 22.6. The first-order chi connectivity index (χ1) is 16.0. The average molecular weight is 544 g/mol. The summed E-state index contributed by atoms with van der Waals surface area (Å²) in [6, 6.07) is 16.7. The van der Waals surface area contributed by atoms with E-state index in [0.29, 0.717) is 10.7 Å². The van der Waals surface area contributed by atoms with Gasteiger partial charge >= 0.3 is 0 Å². The normalized spacial score (nSPS) is 18.4. The molecule has 2 heterocycles. The van der Waals surface area contributed by atoms with Gasteiger partial charge < -0.3 is 4.90 Å². The van der Waals surface area contributed by atoms with Gasteiger partial charge in [-0.1, -0.05) is 55.1 Å². The maximum Gasteiger partial charge on any atom is 0.255 e. The topological polar surface area (TPSA) is 40.6 Å². The van der Waals surface area contributed by atoms with Crippen molar-refractivity contribution < 1.29 is 9.59 Å². The molecule has 0 bridgehead atoms. The monoisotopic (exact) mass is 542 g/mol. The molecule has 1 aliphatic carbocycles. The van der Waals surface area contributed by atoms with Gasteiger partial charge in [0.25, 0.3) is 5.91 Å². The molecule has 33 heavy (non-hydrogen) atoms. The average Bonchev–Trinajstić information content (AvgIpc) is 3.43. The highest BCUT2D eigenvalue weighted by atomic mass is 79.9. The second-order valence-corrected chi connectivity index (χ2v) is 10.9. The smallest absolute Gasteiger partial charge is 0.255 e. The molecule has 0 saturated heterocycles. The van der Waals surface area contributed by atoms with Crippen LogP contribution in [0.4, 0.5) is 11.4 Å². The summed E-state index contributed by atoms with van der Waals surface area (Å²) in [5, 5.41) is 2.47. The largest absolute Gasteiger partial charge is 0.307 e. The lowest BCUT2D eigenvalue weighted by Gasteiger charge is -2.33. The third kappa shape index (κ3) is 4.36. The van der Waals surface area contributed by atoms with Crippen LogP contribution in [0.3, 0.4) is 0 Å². The lowest BCUT2D eigenvalue weighted by Crippen LogP contribution is -2.45. The van der Waals surface area contributed by atoms with Crippen molar-refractivity contribution in [2.45, 2.75) is 50.6 Å². The lowest BCUT2D eigenvalue weighted by molar-refractivity contribution is -0.124. The van der Waals surface area contributed by atoms with Crippen molar-refractivity contribution in [1.82, 2.24) is 0 Å². The second kappa shape index (κ2) is 9.61. The molecule has 1 fully saturated rings. The van der Waals surface area contributed by atoms with Crippen molar-refractivity contribution in [3.8, 4) is 0 Å². The van der Waals surface area contributed by atoms with Gasteiger partial charge in [-0.2, -0.15) is 0 Å². The molecule has 1 atom stereocenters. The van der Waals surface area contributed by atoms with Gasteiger partial charge in [-0.25, -0.2) is 0 Å². The number of nitrogens with zero attached hydrogens (tertiary/aromatic N) is 2. The van der Waals surface area contributed by atoms with Crippen LogP contribution in [0.1, 0.15) is 48.6 Å². The minimum absolute atomic E-state index is 0.0262. The van der Waals surface area contributed by atoms with Crippen molar-refractivity contribution in [2.75, 3.05) is 9.80 Å². The summed E-state index contributed by atoms with van der Waals surface area (Å²) < 4.78 is 0.751. The highest BCUT2D eigenvalue weighted by molar-refractivity contribution is 9.10. The van der Waals surface area contributed by atoms with E-state index >= 15 is 0 Å². The van der Waals surface area contributed by atoms with Gasteiger partial charge in [0, 0.05) is 32.3 Å². The number of anilines is 2. The van der Waals surface area contributed by atoms with Crippen LogP contribution in [0.25, 0.3) is 0 Å². The van der Waals surface area contributed by atoms with E-state index in [0.717, 1.165) is 46.3 Å². The number of hydrogen-bond donors (Lipinski definition) is 0. The van der Waals surface area contributed by atoms with Crippen molar-refractivity contribution in [3.05, 3.63) is 79.9 Å². The van der Waals surface area contributed by atoms with Crippen LogP contribution in [0.5, 0.6) is 0 Å². The Bertz CT molecular complexity index is 1180. The molecular formula is C26H24BrClN2O2S. The van der Waals surface area contributed by atoms with Gasteiger partial charge in [0.1, 0.15) is 6.04 Å². The molecule has 2 aliphatic rings. The molecule has 5 rings (SSSR count). The lowest BCUT2D eigenvalue weighted by atomic mass is 9.94. The fraction of sp³-hybridized carbons (Fsp3) is 0.308. The van der Waals surface area contributed by atoms with E-state index in [-0.39, 0.29) is 24.3 Å². The summed E-state index contributed by atoms with van der Waals surface area (Å²) in [7, 11) is 0. The van der Waals surface area contributed by atoms with E-state index < -0.39 is 6.04 Å². The van der Waals surface area contributed by atoms with E-state index in [1.807, 2.05) is 58.8 Å². The molecule has 7 heteroatoms. The van der Waals surface area contributed by atoms with Gasteiger partial charge in [-0.15, -0.1) is 11.3 Å². The number of amides is 2. The summed E-state index contributed by atoms with van der Waals surface area (Å²) in [6.45, 7) is 0. The van der Waals surface area contributed by atoms with Crippen LogP contribution in [0, 0.1) is 0 Å². The molecule has 4 nitrogen and oxygen atoms in total. The predicted octanol–water partition coefficient (Wildman–Crippen LogP) is 7.16. The summed E-state index contributed by atoms with van der Waals surface area (Å²) in [5.74, 6) is -0.142. The number of carbonyl (C=O) groups is 2. The maximum absolute atomic E-state index is 14.0.